The number of aryl methyl sites for hydroxylation is 2. The van der Waals surface area contributed by atoms with Gasteiger partial charge in [0.15, 0.2) is 10.3 Å². The van der Waals surface area contributed by atoms with E-state index in [2.05, 4.69) is 20.8 Å². The molecule has 1 aromatic heterocycles. The van der Waals surface area contributed by atoms with Gasteiger partial charge >= 0.3 is 0 Å². The summed E-state index contributed by atoms with van der Waals surface area (Å²) in [6.45, 7) is 3.65. The second kappa shape index (κ2) is 12.2. The maximum atomic E-state index is 13.4. The molecule has 3 amide bonds. The molecule has 2 N–H and O–H groups in total. The molecule has 1 aliphatic heterocycles. The lowest BCUT2D eigenvalue weighted by Gasteiger charge is -2.15. The first-order valence-electron chi connectivity index (χ1n) is 12.5. The van der Waals surface area contributed by atoms with E-state index < -0.39 is 5.91 Å². The standard InChI is InChI=1S/C30H25N5O4S2/c1-18-9-7-8-10-21(18)17-24-28(38)35(22-11-5-4-6-12-22)30(40-24)34-33-27(37)25-19(2)31-29(41-25)32-26(36)20-13-15-23(39-3)16-14-20/h4-17H,1-3H3,(H,33,37)(H,31,32,36)/b24-17-,34-30+. The van der Waals surface area contributed by atoms with Crippen molar-refractivity contribution in [2.75, 3.05) is 17.3 Å². The van der Waals surface area contributed by atoms with Gasteiger partial charge in [-0.2, -0.15) is 0 Å². The van der Waals surface area contributed by atoms with Crippen LogP contribution in [-0.4, -0.2) is 35.0 Å². The van der Waals surface area contributed by atoms with E-state index in [9.17, 15) is 14.4 Å². The van der Waals surface area contributed by atoms with Crippen molar-refractivity contribution in [2.24, 2.45) is 5.10 Å². The van der Waals surface area contributed by atoms with Crippen LogP contribution in [0.1, 0.15) is 36.9 Å². The Morgan fingerprint density at radius 2 is 1.66 bits per heavy atom. The SMILES string of the molecule is COc1ccc(C(=O)Nc2nc(C)c(C(=O)N/N=C3/S/C(=C\c4ccccc4C)C(=O)N3c3ccccc3)s2)cc1. The van der Waals surface area contributed by atoms with E-state index in [0.717, 1.165) is 22.5 Å². The van der Waals surface area contributed by atoms with Gasteiger partial charge in [0.05, 0.1) is 23.4 Å². The van der Waals surface area contributed by atoms with Gasteiger partial charge in [0.1, 0.15) is 10.6 Å². The molecule has 0 radical (unpaired) electrons. The quantitative estimate of drug-likeness (QED) is 0.209. The van der Waals surface area contributed by atoms with E-state index in [-0.39, 0.29) is 21.8 Å². The van der Waals surface area contributed by atoms with Crippen LogP contribution in [0, 0.1) is 13.8 Å². The van der Waals surface area contributed by atoms with Crippen LogP contribution in [0.5, 0.6) is 5.75 Å². The number of thioether (sulfide) groups is 1. The average molecular weight is 584 g/mol. The lowest BCUT2D eigenvalue weighted by atomic mass is 10.1. The Bertz CT molecular complexity index is 1680. The molecule has 0 atom stereocenters. The zero-order valence-corrected chi connectivity index (χ0v) is 24.0. The van der Waals surface area contributed by atoms with Crippen LogP contribution in [-0.2, 0) is 4.79 Å². The van der Waals surface area contributed by atoms with Crippen molar-refractivity contribution in [2.45, 2.75) is 13.8 Å². The number of carbonyl (C=O) groups excluding carboxylic acids is 3. The predicted octanol–water partition coefficient (Wildman–Crippen LogP) is 5.84. The maximum absolute atomic E-state index is 13.4. The van der Waals surface area contributed by atoms with Crippen LogP contribution in [0.3, 0.4) is 0 Å². The number of carbonyl (C=O) groups is 3. The lowest BCUT2D eigenvalue weighted by Crippen LogP contribution is -2.31. The number of amidine groups is 1. The first-order chi connectivity index (χ1) is 19.8. The molecule has 3 aromatic carbocycles. The average Bonchev–Trinajstić information content (AvgIpc) is 3.51. The van der Waals surface area contributed by atoms with Gasteiger partial charge in [-0.3, -0.25) is 24.6 Å². The normalized spacial score (nSPS) is 14.9. The number of hydrogen-bond donors (Lipinski definition) is 2. The Hall–Kier alpha value is -4.74. The molecule has 1 fully saturated rings. The topological polar surface area (TPSA) is 113 Å². The van der Waals surface area contributed by atoms with Crippen LogP contribution in [0.15, 0.2) is 88.9 Å². The number of amides is 3. The highest BCUT2D eigenvalue weighted by atomic mass is 32.2. The van der Waals surface area contributed by atoms with Crippen LogP contribution in [0.4, 0.5) is 10.8 Å². The smallest absolute Gasteiger partial charge is 0.283 e. The number of thiazole rings is 1. The highest BCUT2D eigenvalue weighted by molar-refractivity contribution is 8.19. The van der Waals surface area contributed by atoms with Crippen molar-refractivity contribution in [3.8, 4) is 5.75 Å². The van der Waals surface area contributed by atoms with Crippen molar-refractivity contribution in [1.82, 2.24) is 10.4 Å². The summed E-state index contributed by atoms with van der Waals surface area (Å²) in [6, 6.07) is 23.5. The fourth-order valence-electron chi connectivity index (χ4n) is 3.97. The van der Waals surface area contributed by atoms with Gasteiger partial charge in [0.2, 0.25) is 0 Å². The highest BCUT2D eigenvalue weighted by Gasteiger charge is 2.35. The van der Waals surface area contributed by atoms with Gasteiger partial charge in [-0.15, -0.1) is 5.10 Å². The van der Waals surface area contributed by atoms with Crippen LogP contribution in [0.25, 0.3) is 6.08 Å². The van der Waals surface area contributed by atoms with Crippen LogP contribution >= 0.6 is 23.1 Å². The Labute approximate surface area is 244 Å². The van der Waals surface area contributed by atoms with Crippen molar-refractivity contribution in [3.05, 3.63) is 111 Å². The molecule has 9 nitrogen and oxygen atoms in total. The predicted molar refractivity (Wildman–Crippen MR) is 163 cm³/mol. The van der Waals surface area contributed by atoms with Gasteiger partial charge in [0, 0.05) is 5.56 Å². The zero-order chi connectivity index (χ0) is 28.9. The summed E-state index contributed by atoms with van der Waals surface area (Å²) in [5, 5.41) is 7.63. The summed E-state index contributed by atoms with van der Waals surface area (Å²) < 4.78 is 5.12. The van der Waals surface area contributed by atoms with E-state index >= 15 is 0 Å². The molecule has 1 aliphatic rings. The largest absolute Gasteiger partial charge is 0.497 e. The van der Waals surface area contributed by atoms with Crippen molar-refractivity contribution in [1.29, 1.82) is 0 Å². The molecule has 0 bridgehead atoms. The molecule has 0 unspecified atom stereocenters. The van der Waals surface area contributed by atoms with Crippen molar-refractivity contribution in [3.63, 3.8) is 0 Å². The van der Waals surface area contributed by atoms with E-state index in [1.807, 2.05) is 55.5 Å². The molecule has 2 heterocycles. The minimum absolute atomic E-state index is 0.241. The first kappa shape index (κ1) is 27.8. The highest BCUT2D eigenvalue weighted by Crippen LogP contribution is 2.36. The zero-order valence-electron chi connectivity index (χ0n) is 22.4. The molecule has 4 aromatic rings. The van der Waals surface area contributed by atoms with Crippen LogP contribution in [0.2, 0.25) is 0 Å². The second-order valence-electron chi connectivity index (χ2n) is 8.89. The monoisotopic (exact) mass is 583 g/mol. The van der Waals surface area contributed by atoms with E-state index in [1.54, 1.807) is 50.4 Å². The number of nitrogens with one attached hydrogen (secondary N) is 2. The minimum atomic E-state index is -0.505. The Kier molecular flexibility index (Phi) is 8.27. The third-order valence-electron chi connectivity index (χ3n) is 6.12. The summed E-state index contributed by atoms with van der Waals surface area (Å²) in [5.41, 5.74) is 6.01. The first-order valence-corrected chi connectivity index (χ1v) is 14.1. The summed E-state index contributed by atoms with van der Waals surface area (Å²) in [7, 11) is 1.55. The number of benzene rings is 3. The third kappa shape index (κ3) is 6.21. The fraction of sp³-hybridized carbons (Fsp3) is 0.100. The Morgan fingerprint density at radius 3 is 2.37 bits per heavy atom. The van der Waals surface area contributed by atoms with E-state index in [4.69, 9.17) is 4.74 Å². The Balaban J connectivity index is 1.35. The number of ether oxygens (including phenoxy) is 1. The molecule has 41 heavy (non-hydrogen) atoms. The third-order valence-corrected chi connectivity index (χ3v) is 8.16. The number of para-hydroxylation sites is 1. The summed E-state index contributed by atoms with van der Waals surface area (Å²) in [4.78, 5) is 45.7. The number of nitrogens with zero attached hydrogens (tertiary/aromatic N) is 3. The number of methoxy groups -OCH3 is 1. The Morgan fingerprint density at radius 1 is 0.951 bits per heavy atom. The number of aromatic nitrogens is 1. The van der Waals surface area contributed by atoms with Crippen LogP contribution < -0.4 is 20.4 Å². The van der Waals surface area contributed by atoms with Gasteiger partial charge in [0.25, 0.3) is 17.7 Å². The summed E-state index contributed by atoms with van der Waals surface area (Å²) >= 11 is 2.21. The fourth-order valence-corrected chi connectivity index (χ4v) is 5.75. The van der Waals surface area contributed by atoms with E-state index in [0.29, 0.717) is 32.8 Å². The molecule has 206 valence electrons. The lowest BCUT2D eigenvalue weighted by molar-refractivity contribution is -0.113. The summed E-state index contributed by atoms with van der Waals surface area (Å²) in [6.07, 6.45) is 1.83. The van der Waals surface area contributed by atoms with Crippen molar-refractivity contribution < 1.29 is 19.1 Å². The number of hydrazone groups is 1. The molecule has 5 rings (SSSR count). The molecule has 0 aliphatic carbocycles. The number of hydrogen-bond acceptors (Lipinski definition) is 8. The van der Waals surface area contributed by atoms with Gasteiger partial charge in [-0.1, -0.05) is 53.8 Å². The molecule has 11 heteroatoms. The molecule has 0 saturated carbocycles. The molecular formula is C30H25N5O4S2. The number of rotatable bonds is 7. The molecular weight excluding hydrogens is 558 g/mol. The van der Waals surface area contributed by atoms with Gasteiger partial charge in [-0.25, -0.2) is 10.4 Å². The van der Waals surface area contributed by atoms with E-state index in [1.165, 1.54) is 16.7 Å². The number of anilines is 2. The second-order valence-corrected chi connectivity index (χ2v) is 10.9. The summed E-state index contributed by atoms with van der Waals surface area (Å²) in [5.74, 6) is -0.469. The molecule has 0 spiro atoms. The van der Waals surface area contributed by atoms with Gasteiger partial charge < -0.3 is 4.74 Å². The molecule has 1 saturated heterocycles. The maximum Gasteiger partial charge on any atom is 0.283 e. The van der Waals surface area contributed by atoms with Crippen molar-refractivity contribution >= 4 is 62.9 Å². The minimum Gasteiger partial charge on any atom is -0.497 e. The van der Waals surface area contributed by atoms with Gasteiger partial charge in [-0.05, 0) is 79.2 Å².